The summed E-state index contributed by atoms with van der Waals surface area (Å²) in [5.41, 5.74) is 2.26. The fourth-order valence-electron chi connectivity index (χ4n) is 2.01. The molecular formula is C20H32N2O3. The average Bonchev–Trinajstić information content (AvgIpc) is 2.54. The first-order chi connectivity index (χ1) is 11.8. The molecule has 1 rings (SSSR count). The molecule has 0 aliphatic carbocycles. The van der Waals surface area contributed by atoms with Crippen molar-refractivity contribution in [2.45, 2.75) is 48.0 Å². The maximum Gasteiger partial charge on any atom is 0.318 e. The van der Waals surface area contributed by atoms with Gasteiger partial charge < -0.3 is 20.1 Å². The lowest BCUT2D eigenvalue weighted by molar-refractivity contribution is 0.244. The first-order valence-electron chi connectivity index (χ1n) is 8.88. The van der Waals surface area contributed by atoms with E-state index in [-0.39, 0.29) is 11.4 Å². The quantitative estimate of drug-likeness (QED) is 0.737. The summed E-state index contributed by atoms with van der Waals surface area (Å²) in [6.07, 6.45) is 2.49. The highest BCUT2D eigenvalue weighted by molar-refractivity contribution is 5.75. The predicted octanol–water partition coefficient (Wildman–Crippen LogP) is 4.28. The number of carbonyl (C=O) groups is 1. The maximum absolute atomic E-state index is 11.9. The Bertz CT molecular complexity index is 589. The van der Waals surface area contributed by atoms with E-state index >= 15 is 0 Å². The smallest absolute Gasteiger partial charge is 0.318 e. The average molecular weight is 348 g/mol. The Morgan fingerprint density at radius 2 is 1.76 bits per heavy atom. The lowest BCUT2D eigenvalue weighted by atomic mass is 9.88. The molecule has 0 fully saturated rings. The zero-order chi connectivity index (χ0) is 18.9. The van der Waals surface area contributed by atoms with E-state index < -0.39 is 0 Å². The normalized spacial score (nSPS) is 11.8. The number of ether oxygens (including phenoxy) is 2. The molecule has 0 saturated carbocycles. The first kappa shape index (κ1) is 20.9. The molecule has 5 heteroatoms. The van der Waals surface area contributed by atoms with Crippen molar-refractivity contribution >= 4 is 6.03 Å². The first-order valence-corrected chi connectivity index (χ1v) is 8.88. The van der Waals surface area contributed by atoms with Crippen molar-refractivity contribution in [2.75, 3.05) is 19.8 Å². The third-order valence-corrected chi connectivity index (χ3v) is 3.91. The van der Waals surface area contributed by atoms with Crippen molar-refractivity contribution in [3.8, 4) is 11.5 Å². The monoisotopic (exact) mass is 348 g/mol. The van der Waals surface area contributed by atoms with Crippen LogP contribution in [0.25, 0.3) is 0 Å². The molecule has 25 heavy (non-hydrogen) atoms. The van der Waals surface area contributed by atoms with E-state index in [1.807, 2.05) is 39.0 Å². The Morgan fingerprint density at radius 1 is 1.12 bits per heavy atom. The number of rotatable bonds is 8. The summed E-state index contributed by atoms with van der Waals surface area (Å²) in [5.74, 6) is 1.50. The molecule has 0 bridgehead atoms. The van der Waals surface area contributed by atoms with E-state index in [9.17, 15) is 4.79 Å². The van der Waals surface area contributed by atoms with Crippen molar-refractivity contribution in [3.05, 3.63) is 35.5 Å². The zero-order valence-electron chi connectivity index (χ0n) is 16.4. The van der Waals surface area contributed by atoms with Crippen molar-refractivity contribution in [1.29, 1.82) is 0 Å². The molecule has 1 aromatic carbocycles. The molecule has 5 nitrogen and oxygen atoms in total. The maximum atomic E-state index is 11.9. The van der Waals surface area contributed by atoms with Gasteiger partial charge in [0.05, 0.1) is 13.2 Å². The number of urea groups is 1. The number of hydrogen-bond donors (Lipinski definition) is 2. The second-order valence-corrected chi connectivity index (χ2v) is 6.87. The van der Waals surface area contributed by atoms with Crippen LogP contribution in [0.1, 0.15) is 47.1 Å². The molecule has 1 aromatic rings. The Hall–Kier alpha value is -2.17. The summed E-state index contributed by atoms with van der Waals surface area (Å²) >= 11 is 0. The van der Waals surface area contributed by atoms with Crippen LogP contribution in [0.5, 0.6) is 11.5 Å². The zero-order valence-corrected chi connectivity index (χ0v) is 16.4. The topological polar surface area (TPSA) is 59.6 Å². The highest BCUT2D eigenvalue weighted by atomic mass is 16.5. The number of carbonyl (C=O) groups excluding carboxylic acids is 1. The van der Waals surface area contributed by atoms with Gasteiger partial charge in [-0.3, -0.25) is 0 Å². The second kappa shape index (κ2) is 9.97. The number of hydrogen-bond acceptors (Lipinski definition) is 3. The number of nitrogens with one attached hydrogen (secondary N) is 2. The Labute approximate surface area is 151 Å². The second-order valence-electron chi connectivity index (χ2n) is 6.87. The van der Waals surface area contributed by atoms with E-state index in [1.54, 1.807) is 6.20 Å². The molecule has 0 saturated heterocycles. The van der Waals surface area contributed by atoms with Crippen LogP contribution in [-0.2, 0) is 6.42 Å². The summed E-state index contributed by atoms with van der Waals surface area (Å²) < 4.78 is 11.2. The van der Waals surface area contributed by atoms with Crippen molar-refractivity contribution in [1.82, 2.24) is 10.6 Å². The SMILES string of the molecule is CCOc1ccc(CCNC(=O)N/C=C(\C)C(C)(C)C)cc1OCC. The largest absolute Gasteiger partial charge is 0.490 e. The van der Waals surface area contributed by atoms with Gasteiger partial charge in [0.15, 0.2) is 11.5 Å². The molecular weight excluding hydrogens is 316 g/mol. The van der Waals surface area contributed by atoms with Gasteiger partial charge in [0, 0.05) is 12.7 Å². The van der Waals surface area contributed by atoms with Crippen LogP contribution in [0.15, 0.2) is 30.0 Å². The number of amides is 2. The lowest BCUT2D eigenvalue weighted by Gasteiger charge is -2.19. The third-order valence-electron chi connectivity index (χ3n) is 3.91. The summed E-state index contributed by atoms with van der Waals surface area (Å²) in [6.45, 7) is 14.0. The standard InChI is InChI=1S/C20H32N2O3/c1-7-24-17-10-9-16(13-18(17)25-8-2)11-12-21-19(23)22-14-15(3)20(4,5)6/h9-10,13-14H,7-8,11-12H2,1-6H3,(H2,21,22,23)/b15-14+. The molecule has 0 radical (unpaired) electrons. The molecule has 0 atom stereocenters. The minimum Gasteiger partial charge on any atom is -0.490 e. The predicted molar refractivity (Wildman–Crippen MR) is 102 cm³/mol. The molecule has 0 heterocycles. The summed E-state index contributed by atoms with van der Waals surface area (Å²) in [4.78, 5) is 11.9. The Morgan fingerprint density at radius 3 is 2.36 bits per heavy atom. The van der Waals surface area contributed by atoms with E-state index in [1.165, 1.54) is 0 Å². The van der Waals surface area contributed by atoms with Crippen LogP contribution in [-0.4, -0.2) is 25.8 Å². The fourth-order valence-corrected chi connectivity index (χ4v) is 2.01. The minimum absolute atomic E-state index is 0.0469. The van der Waals surface area contributed by atoms with Gasteiger partial charge in [-0.25, -0.2) is 4.79 Å². The van der Waals surface area contributed by atoms with Crippen LogP contribution in [0.2, 0.25) is 0 Å². The van der Waals surface area contributed by atoms with Gasteiger partial charge >= 0.3 is 6.03 Å². The van der Waals surface area contributed by atoms with Crippen LogP contribution >= 0.6 is 0 Å². The van der Waals surface area contributed by atoms with E-state index in [2.05, 4.69) is 31.4 Å². The van der Waals surface area contributed by atoms with Gasteiger partial charge in [-0.15, -0.1) is 0 Å². The Balaban J connectivity index is 2.53. The van der Waals surface area contributed by atoms with Crippen LogP contribution in [0.3, 0.4) is 0 Å². The summed E-state index contributed by atoms with van der Waals surface area (Å²) in [5, 5.41) is 5.64. The number of benzene rings is 1. The molecule has 2 N–H and O–H groups in total. The highest BCUT2D eigenvalue weighted by Gasteiger charge is 2.12. The molecule has 0 aliphatic heterocycles. The van der Waals surface area contributed by atoms with Crippen LogP contribution in [0.4, 0.5) is 4.79 Å². The molecule has 0 unspecified atom stereocenters. The highest BCUT2D eigenvalue weighted by Crippen LogP contribution is 2.28. The van der Waals surface area contributed by atoms with E-state index in [0.29, 0.717) is 19.8 Å². The molecule has 2 amide bonds. The molecule has 140 valence electrons. The van der Waals surface area contributed by atoms with Crippen molar-refractivity contribution in [3.63, 3.8) is 0 Å². The van der Waals surface area contributed by atoms with Crippen LogP contribution in [0, 0.1) is 5.41 Å². The molecule has 0 spiro atoms. The fraction of sp³-hybridized carbons (Fsp3) is 0.550. The summed E-state index contributed by atoms with van der Waals surface area (Å²) in [6, 6.07) is 5.69. The summed E-state index contributed by atoms with van der Waals surface area (Å²) in [7, 11) is 0. The van der Waals surface area contributed by atoms with Crippen molar-refractivity contribution < 1.29 is 14.3 Å². The molecule has 0 aliphatic rings. The minimum atomic E-state index is -0.195. The van der Waals surface area contributed by atoms with Gasteiger partial charge in [-0.05, 0) is 50.3 Å². The van der Waals surface area contributed by atoms with Crippen LogP contribution < -0.4 is 20.1 Å². The van der Waals surface area contributed by atoms with Gasteiger partial charge in [-0.2, -0.15) is 0 Å². The van der Waals surface area contributed by atoms with E-state index in [0.717, 1.165) is 29.1 Å². The molecule has 0 aromatic heterocycles. The van der Waals surface area contributed by atoms with Crippen molar-refractivity contribution in [2.24, 2.45) is 5.41 Å². The lowest BCUT2D eigenvalue weighted by Crippen LogP contribution is -2.34. The Kier molecular flexibility index (Phi) is 8.32. The van der Waals surface area contributed by atoms with E-state index in [4.69, 9.17) is 9.47 Å². The van der Waals surface area contributed by atoms with Gasteiger partial charge in [-0.1, -0.05) is 32.4 Å². The third kappa shape index (κ3) is 7.50. The number of allylic oxidation sites excluding steroid dienone is 1. The van der Waals surface area contributed by atoms with Gasteiger partial charge in [0.1, 0.15) is 0 Å². The van der Waals surface area contributed by atoms with Gasteiger partial charge in [0.2, 0.25) is 0 Å². The van der Waals surface area contributed by atoms with Gasteiger partial charge in [0.25, 0.3) is 0 Å².